The van der Waals surface area contributed by atoms with Gasteiger partial charge in [-0.15, -0.1) is 0 Å². The Balaban J connectivity index is 1.10. The summed E-state index contributed by atoms with van der Waals surface area (Å²) >= 11 is 0. The molecule has 164 valence electrons. The van der Waals surface area contributed by atoms with Gasteiger partial charge in [-0.25, -0.2) is 4.98 Å². The van der Waals surface area contributed by atoms with Crippen molar-refractivity contribution in [2.45, 2.75) is 70.3 Å². The molecule has 1 spiro atoms. The fraction of sp³-hybridized carbons (Fsp3) is 0.615. The normalized spacial score (nSPS) is 27.5. The van der Waals surface area contributed by atoms with Crippen LogP contribution in [-0.4, -0.2) is 47.1 Å². The minimum absolute atomic E-state index is 0.154. The number of anilines is 1. The van der Waals surface area contributed by atoms with Gasteiger partial charge >= 0.3 is 0 Å². The van der Waals surface area contributed by atoms with Crippen LogP contribution in [0.5, 0.6) is 0 Å². The number of hydrogen-bond donors (Lipinski definition) is 1. The van der Waals surface area contributed by atoms with Gasteiger partial charge in [0.15, 0.2) is 0 Å². The summed E-state index contributed by atoms with van der Waals surface area (Å²) in [6, 6.07) is 9.49. The lowest BCUT2D eigenvalue weighted by atomic mass is 9.84. The predicted molar refractivity (Wildman–Crippen MR) is 124 cm³/mol. The van der Waals surface area contributed by atoms with Crippen LogP contribution in [0.1, 0.15) is 67.1 Å². The molecular weight excluding hydrogens is 384 g/mol. The number of H-pyrrole nitrogens is 1. The molecule has 5 nitrogen and oxygen atoms in total. The van der Waals surface area contributed by atoms with Crippen LogP contribution in [0.25, 0.3) is 0 Å². The molecule has 0 unspecified atom stereocenters. The highest BCUT2D eigenvalue weighted by Gasteiger charge is 2.46. The van der Waals surface area contributed by atoms with Gasteiger partial charge in [-0.1, -0.05) is 12.1 Å². The number of aromatic nitrogens is 2. The fourth-order valence-electron chi connectivity index (χ4n) is 6.30. The standard InChI is InChI=1S/C26H34N4O/c1-18-3-2-4-20(15-18)29-11-13-30(14-12-29)21-6-5-19(16-21)24-27-23-7-8-26(9-10-26)17-22(23)25(31)28-24/h2-4,15,19,21H,5-14,16-17H2,1H3,(H,27,28,31)/t19-,21-/m1/s1. The molecule has 0 radical (unpaired) electrons. The van der Waals surface area contributed by atoms with Gasteiger partial charge in [0.05, 0.1) is 5.69 Å². The summed E-state index contributed by atoms with van der Waals surface area (Å²) in [5.74, 6) is 1.38. The third-order valence-electron chi connectivity index (χ3n) is 8.51. The van der Waals surface area contributed by atoms with Crippen molar-refractivity contribution in [3.05, 3.63) is 57.3 Å². The minimum atomic E-state index is 0.154. The first-order chi connectivity index (χ1) is 15.1. The van der Waals surface area contributed by atoms with Gasteiger partial charge in [-0.3, -0.25) is 9.69 Å². The predicted octanol–water partition coefficient (Wildman–Crippen LogP) is 3.81. The second-order valence-corrected chi connectivity index (χ2v) is 10.6. The van der Waals surface area contributed by atoms with Crippen molar-refractivity contribution < 1.29 is 0 Å². The molecular formula is C26H34N4O. The van der Waals surface area contributed by atoms with E-state index in [9.17, 15) is 4.79 Å². The highest BCUT2D eigenvalue weighted by Crippen LogP contribution is 2.54. The Morgan fingerprint density at radius 1 is 1.10 bits per heavy atom. The first kappa shape index (κ1) is 19.5. The van der Waals surface area contributed by atoms with E-state index < -0.39 is 0 Å². The zero-order chi connectivity index (χ0) is 21.0. The monoisotopic (exact) mass is 418 g/mol. The van der Waals surface area contributed by atoms with Crippen LogP contribution in [0.2, 0.25) is 0 Å². The maximum atomic E-state index is 12.8. The lowest BCUT2D eigenvalue weighted by molar-refractivity contribution is 0.186. The van der Waals surface area contributed by atoms with Crippen molar-refractivity contribution in [1.82, 2.24) is 14.9 Å². The van der Waals surface area contributed by atoms with E-state index in [1.54, 1.807) is 0 Å². The fourth-order valence-corrected chi connectivity index (χ4v) is 6.30. The number of benzene rings is 1. The molecule has 31 heavy (non-hydrogen) atoms. The maximum absolute atomic E-state index is 12.8. The van der Waals surface area contributed by atoms with Gasteiger partial charge < -0.3 is 9.88 Å². The molecule has 3 aliphatic carbocycles. The average Bonchev–Trinajstić information content (AvgIpc) is 3.34. The summed E-state index contributed by atoms with van der Waals surface area (Å²) in [5.41, 5.74) is 5.40. The van der Waals surface area contributed by atoms with Crippen LogP contribution < -0.4 is 10.5 Å². The topological polar surface area (TPSA) is 52.2 Å². The third-order valence-corrected chi connectivity index (χ3v) is 8.51. The van der Waals surface area contributed by atoms with Crippen molar-refractivity contribution in [2.75, 3.05) is 31.1 Å². The van der Waals surface area contributed by atoms with E-state index in [-0.39, 0.29) is 5.56 Å². The van der Waals surface area contributed by atoms with E-state index >= 15 is 0 Å². The zero-order valence-corrected chi connectivity index (χ0v) is 18.7. The number of nitrogens with zero attached hydrogens (tertiary/aromatic N) is 3. The molecule has 1 aliphatic heterocycles. The van der Waals surface area contributed by atoms with Crippen LogP contribution in [0.3, 0.4) is 0 Å². The quantitative estimate of drug-likeness (QED) is 0.824. The second-order valence-electron chi connectivity index (χ2n) is 10.6. The molecule has 6 rings (SSSR count). The van der Waals surface area contributed by atoms with Gasteiger partial charge in [0.1, 0.15) is 5.82 Å². The van der Waals surface area contributed by atoms with Crippen LogP contribution in [0.15, 0.2) is 29.1 Å². The average molecular weight is 419 g/mol. The highest BCUT2D eigenvalue weighted by molar-refractivity contribution is 5.48. The molecule has 2 heterocycles. The lowest BCUT2D eigenvalue weighted by Gasteiger charge is -2.39. The summed E-state index contributed by atoms with van der Waals surface area (Å²) in [6.07, 6.45) is 9.30. The molecule has 2 atom stereocenters. The number of rotatable bonds is 3. The van der Waals surface area contributed by atoms with E-state index in [1.165, 1.54) is 36.9 Å². The molecule has 4 aliphatic rings. The van der Waals surface area contributed by atoms with E-state index in [4.69, 9.17) is 4.98 Å². The molecule has 0 bridgehead atoms. The van der Waals surface area contributed by atoms with Crippen LogP contribution >= 0.6 is 0 Å². The van der Waals surface area contributed by atoms with Crippen LogP contribution in [0, 0.1) is 12.3 Å². The molecule has 5 heteroatoms. The van der Waals surface area contributed by atoms with Crippen molar-refractivity contribution in [2.24, 2.45) is 5.41 Å². The summed E-state index contributed by atoms with van der Waals surface area (Å²) in [7, 11) is 0. The van der Waals surface area contributed by atoms with Gasteiger partial charge in [0, 0.05) is 49.4 Å². The number of fused-ring (bicyclic) bond motifs is 1. The second kappa shape index (κ2) is 7.47. The Hall–Kier alpha value is -2.14. The van der Waals surface area contributed by atoms with Gasteiger partial charge in [0.2, 0.25) is 0 Å². The number of nitrogens with one attached hydrogen (secondary N) is 1. The Labute approximate surface area is 184 Å². The molecule has 2 aromatic rings. The Morgan fingerprint density at radius 2 is 1.94 bits per heavy atom. The van der Waals surface area contributed by atoms with Gasteiger partial charge in [0.25, 0.3) is 5.56 Å². The third kappa shape index (κ3) is 3.71. The van der Waals surface area contributed by atoms with Crippen molar-refractivity contribution >= 4 is 5.69 Å². The molecule has 1 aromatic heterocycles. The molecule has 0 amide bonds. The summed E-state index contributed by atoms with van der Waals surface area (Å²) in [4.78, 5) is 26.2. The molecule has 1 saturated heterocycles. The summed E-state index contributed by atoms with van der Waals surface area (Å²) in [6.45, 7) is 6.62. The number of piperazine rings is 1. The summed E-state index contributed by atoms with van der Waals surface area (Å²) < 4.78 is 0. The Bertz CT molecular complexity index is 1030. The summed E-state index contributed by atoms with van der Waals surface area (Å²) in [5, 5.41) is 0. The SMILES string of the molecule is Cc1cccc(N2CCN([C@@H]3CC[C@@H](c4nc5c(c(=O)[nH]4)CC4(CC5)CC4)C3)CC2)c1. The molecule has 1 aromatic carbocycles. The van der Waals surface area contributed by atoms with Crippen LogP contribution in [0.4, 0.5) is 5.69 Å². The van der Waals surface area contributed by atoms with Crippen molar-refractivity contribution in [1.29, 1.82) is 0 Å². The first-order valence-corrected chi connectivity index (χ1v) is 12.3. The van der Waals surface area contributed by atoms with Gasteiger partial charge in [-0.2, -0.15) is 0 Å². The Kier molecular flexibility index (Phi) is 4.71. The Morgan fingerprint density at radius 3 is 2.71 bits per heavy atom. The number of aryl methyl sites for hydroxylation is 2. The zero-order valence-electron chi connectivity index (χ0n) is 18.7. The van der Waals surface area contributed by atoms with Crippen molar-refractivity contribution in [3.63, 3.8) is 0 Å². The first-order valence-electron chi connectivity index (χ1n) is 12.3. The van der Waals surface area contributed by atoms with Crippen LogP contribution in [-0.2, 0) is 12.8 Å². The van der Waals surface area contributed by atoms with E-state index in [0.717, 1.165) is 68.9 Å². The van der Waals surface area contributed by atoms with E-state index in [0.29, 0.717) is 17.4 Å². The largest absolute Gasteiger partial charge is 0.369 e. The lowest BCUT2D eigenvalue weighted by Crippen LogP contribution is -2.49. The van der Waals surface area contributed by atoms with Gasteiger partial charge in [-0.05, 0) is 81.4 Å². The minimum Gasteiger partial charge on any atom is -0.369 e. The number of hydrogen-bond acceptors (Lipinski definition) is 4. The smallest absolute Gasteiger partial charge is 0.254 e. The van der Waals surface area contributed by atoms with Crippen molar-refractivity contribution in [3.8, 4) is 0 Å². The maximum Gasteiger partial charge on any atom is 0.254 e. The molecule has 1 N–H and O–H groups in total. The number of aromatic amines is 1. The molecule has 3 fully saturated rings. The highest BCUT2D eigenvalue weighted by atomic mass is 16.1. The molecule has 2 saturated carbocycles. The van der Waals surface area contributed by atoms with E-state index in [2.05, 4.69) is 46.0 Å². The van der Waals surface area contributed by atoms with E-state index in [1.807, 2.05) is 0 Å².